The van der Waals surface area contributed by atoms with Crippen molar-refractivity contribution < 1.29 is 9.53 Å². The highest BCUT2D eigenvalue weighted by Crippen LogP contribution is 2.31. The number of para-hydroxylation sites is 1. The Kier molecular flexibility index (Phi) is 5.25. The molecule has 140 valence electrons. The van der Waals surface area contributed by atoms with E-state index in [0.717, 1.165) is 47.9 Å². The van der Waals surface area contributed by atoms with E-state index in [9.17, 15) is 4.79 Å². The quantitative estimate of drug-likeness (QED) is 0.730. The number of nitrogens with one attached hydrogen (secondary N) is 1. The molecule has 1 aromatic heterocycles. The number of carbonyl (C=O) groups excluding carboxylic acids is 1. The van der Waals surface area contributed by atoms with Crippen molar-refractivity contribution in [3.8, 4) is 5.75 Å². The number of amides is 1. The third-order valence-corrected chi connectivity index (χ3v) is 6.12. The van der Waals surface area contributed by atoms with Crippen molar-refractivity contribution >= 4 is 32.6 Å². The van der Waals surface area contributed by atoms with E-state index in [-0.39, 0.29) is 11.8 Å². The van der Waals surface area contributed by atoms with Gasteiger partial charge in [0, 0.05) is 25.6 Å². The standard InChI is InChI=1S/C21H23N3O2S/c1-26-17-6-4-5-15(13-17)14-22-20(25)16-9-11-24(12-10-16)21-23-18-7-2-3-8-19(18)27-21/h2-8,13,16H,9-12,14H2,1H3,(H,22,25). The van der Waals surface area contributed by atoms with Gasteiger partial charge in [0.2, 0.25) is 5.91 Å². The van der Waals surface area contributed by atoms with E-state index in [1.165, 1.54) is 4.70 Å². The minimum atomic E-state index is 0.0706. The van der Waals surface area contributed by atoms with Gasteiger partial charge in [0.15, 0.2) is 5.13 Å². The maximum atomic E-state index is 12.5. The molecule has 0 unspecified atom stereocenters. The molecule has 1 aliphatic heterocycles. The third-order valence-electron chi connectivity index (χ3n) is 5.02. The summed E-state index contributed by atoms with van der Waals surface area (Å²) >= 11 is 1.73. The minimum absolute atomic E-state index is 0.0706. The van der Waals surface area contributed by atoms with Crippen LogP contribution in [0.15, 0.2) is 48.5 Å². The molecule has 1 saturated heterocycles. The zero-order chi connectivity index (χ0) is 18.6. The number of hydrogen-bond donors (Lipinski definition) is 1. The maximum Gasteiger partial charge on any atom is 0.223 e. The fourth-order valence-electron chi connectivity index (χ4n) is 3.44. The summed E-state index contributed by atoms with van der Waals surface area (Å²) in [5.74, 6) is 1.02. The van der Waals surface area contributed by atoms with Gasteiger partial charge in [-0.1, -0.05) is 35.6 Å². The first kappa shape index (κ1) is 17.8. The van der Waals surface area contributed by atoms with Gasteiger partial charge in [-0.25, -0.2) is 4.98 Å². The summed E-state index contributed by atoms with van der Waals surface area (Å²) in [4.78, 5) is 19.6. The molecule has 1 aliphatic rings. The highest BCUT2D eigenvalue weighted by molar-refractivity contribution is 7.22. The molecule has 2 heterocycles. The predicted octanol–water partition coefficient (Wildman–Crippen LogP) is 3.84. The van der Waals surface area contributed by atoms with Crippen LogP contribution >= 0.6 is 11.3 Å². The molecular formula is C21H23N3O2S. The highest BCUT2D eigenvalue weighted by Gasteiger charge is 2.26. The molecule has 0 atom stereocenters. The second-order valence-corrected chi connectivity index (χ2v) is 7.80. The number of benzene rings is 2. The lowest BCUT2D eigenvalue weighted by molar-refractivity contribution is -0.125. The van der Waals surface area contributed by atoms with Crippen molar-refractivity contribution in [1.82, 2.24) is 10.3 Å². The normalized spacial score (nSPS) is 15.1. The van der Waals surface area contributed by atoms with Gasteiger partial charge < -0.3 is 15.0 Å². The first-order valence-corrected chi connectivity index (χ1v) is 10.1. The Morgan fingerprint density at radius 2 is 2.04 bits per heavy atom. The summed E-state index contributed by atoms with van der Waals surface area (Å²) in [6.07, 6.45) is 1.72. The van der Waals surface area contributed by atoms with E-state index < -0.39 is 0 Å². The lowest BCUT2D eigenvalue weighted by atomic mass is 9.96. The fraction of sp³-hybridized carbons (Fsp3) is 0.333. The molecule has 1 N–H and O–H groups in total. The van der Waals surface area contributed by atoms with Crippen molar-refractivity contribution in [3.05, 3.63) is 54.1 Å². The molecule has 1 fully saturated rings. The van der Waals surface area contributed by atoms with Crippen LogP contribution in [0.4, 0.5) is 5.13 Å². The maximum absolute atomic E-state index is 12.5. The first-order chi connectivity index (χ1) is 13.2. The molecule has 5 nitrogen and oxygen atoms in total. The Morgan fingerprint density at radius 1 is 1.22 bits per heavy atom. The Labute approximate surface area is 163 Å². The van der Waals surface area contributed by atoms with Gasteiger partial charge in [-0.3, -0.25) is 4.79 Å². The van der Waals surface area contributed by atoms with Crippen LogP contribution in [-0.4, -0.2) is 31.1 Å². The number of piperidine rings is 1. The second kappa shape index (κ2) is 7.96. The van der Waals surface area contributed by atoms with Gasteiger partial charge in [0.1, 0.15) is 5.75 Å². The van der Waals surface area contributed by atoms with Crippen LogP contribution in [0.3, 0.4) is 0 Å². The largest absolute Gasteiger partial charge is 0.497 e. The predicted molar refractivity (Wildman–Crippen MR) is 109 cm³/mol. The monoisotopic (exact) mass is 381 g/mol. The first-order valence-electron chi connectivity index (χ1n) is 9.24. The lowest BCUT2D eigenvalue weighted by Crippen LogP contribution is -2.40. The summed E-state index contributed by atoms with van der Waals surface area (Å²) in [5, 5.41) is 4.13. The second-order valence-electron chi connectivity index (χ2n) is 6.79. The van der Waals surface area contributed by atoms with Crippen LogP contribution in [0, 0.1) is 5.92 Å². The number of hydrogen-bond acceptors (Lipinski definition) is 5. The van der Waals surface area contributed by atoms with Gasteiger partial charge in [-0.2, -0.15) is 0 Å². The smallest absolute Gasteiger partial charge is 0.223 e. The Balaban J connectivity index is 1.31. The average molecular weight is 382 g/mol. The van der Waals surface area contributed by atoms with Gasteiger partial charge in [0.05, 0.1) is 17.3 Å². The Bertz CT molecular complexity index is 899. The number of ether oxygens (including phenoxy) is 1. The van der Waals surface area contributed by atoms with Crippen molar-refractivity contribution in [1.29, 1.82) is 0 Å². The van der Waals surface area contributed by atoms with E-state index in [0.29, 0.717) is 6.54 Å². The number of methoxy groups -OCH3 is 1. The van der Waals surface area contributed by atoms with Crippen molar-refractivity contribution in [2.24, 2.45) is 5.92 Å². The van der Waals surface area contributed by atoms with Gasteiger partial charge in [-0.05, 0) is 42.7 Å². The molecule has 0 bridgehead atoms. The Hall–Kier alpha value is -2.60. The number of rotatable bonds is 5. The number of aromatic nitrogens is 1. The van der Waals surface area contributed by atoms with Gasteiger partial charge >= 0.3 is 0 Å². The topological polar surface area (TPSA) is 54.5 Å². The van der Waals surface area contributed by atoms with E-state index in [1.807, 2.05) is 42.5 Å². The number of fused-ring (bicyclic) bond motifs is 1. The SMILES string of the molecule is COc1cccc(CNC(=O)C2CCN(c3nc4ccccc4s3)CC2)c1. The summed E-state index contributed by atoms with van der Waals surface area (Å²) in [6, 6.07) is 16.0. The van der Waals surface area contributed by atoms with E-state index >= 15 is 0 Å². The summed E-state index contributed by atoms with van der Waals surface area (Å²) in [5.41, 5.74) is 2.10. The molecule has 27 heavy (non-hydrogen) atoms. The van der Waals surface area contributed by atoms with Crippen molar-refractivity contribution in [2.75, 3.05) is 25.1 Å². The Morgan fingerprint density at radius 3 is 2.81 bits per heavy atom. The van der Waals surface area contributed by atoms with Crippen LogP contribution in [-0.2, 0) is 11.3 Å². The summed E-state index contributed by atoms with van der Waals surface area (Å²) in [6.45, 7) is 2.28. The number of carbonyl (C=O) groups is 1. The van der Waals surface area contributed by atoms with Crippen LogP contribution in [0.2, 0.25) is 0 Å². The van der Waals surface area contributed by atoms with Gasteiger partial charge in [-0.15, -0.1) is 0 Å². The minimum Gasteiger partial charge on any atom is -0.497 e. The molecule has 0 radical (unpaired) electrons. The number of nitrogens with zero attached hydrogens (tertiary/aromatic N) is 2. The summed E-state index contributed by atoms with van der Waals surface area (Å²) in [7, 11) is 1.65. The number of thiazole rings is 1. The number of anilines is 1. The molecular weight excluding hydrogens is 358 g/mol. The van der Waals surface area contributed by atoms with Crippen LogP contribution in [0.5, 0.6) is 5.75 Å². The molecule has 4 rings (SSSR count). The third kappa shape index (κ3) is 4.06. The van der Waals surface area contributed by atoms with Crippen LogP contribution < -0.4 is 15.0 Å². The summed E-state index contributed by atoms with van der Waals surface area (Å²) < 4.78 is 6.44. The fourth-order valence-corrected chi connectivity index (χ4v) is 4.46. The zero-order valence-electron chi connectivity index (χ0n) is 15.4. The van der Waals surface area contributed by atoms with Crippen molar-refractivity contribution in [2.45, 2.75) is 19.4 Å². The van der Waals surface area contributed by atoms with Gasteiger partial charge in [0.25, 0.3) is 0 Å². The van der Waals surface area contributed by atoms with E-state index in [4.69, 9.17) is 9.72 Å². The lowest BCUT2D eigenvalue weighted by Gasteiger charge is -2.31. The van der Waals surface area contributed by atoms with Crippen molar-refractivity contribution in [3.63, 3.8) is 0 Å². The molecule has 3 aromatic rings. The molecule has 0 saturated carbocycles. The average Bonchev–Trinajstić information content (AvgIpc) is 3.16. The molecule has 1 amide bonds. The molecule has 0 spiro atoms. The van der Waals surface area contributed by atoms with Crippen LogP contribution in [0.25, 0.3) is 10.2 Å². The van der Waals surface area contributed by atoms with Crippen LogP contribution in [0.1, 0.15) is 18.4 Å². The zero-order valence-corrected chi connectivity index (χ0v) is 16.2. The molecule has 6 heteroatoms. The van der Waals surface area contributed by atoms with E-state index in [1.54, 1.807) is 18.4 Å². The van der Waals surface area contributed by atoms with E-state index in [2.05, 4.69) is 16.3 Å². The molecule has 2 aromatic carbocycles. The highest BCUT2D eigenvalue weighted by atomic mass is 32.1. The molecule has 0 aliphatic carbocycles.